The minimum atomic E-state index is -2.62. The van der Waals surface area contributed by atoms with Crippen LogP contribution in [-0.4, -0.2) is 45.5 Å². The van der Waals surface area contributed by atoms with E-state index in [1.54, 1.807) is 0 Å². The summed E-state index contributed by atoms with van der Waals surface area (Å²) in [6.45, 7) is 12.0. The van der Waals surface area contributed by atoms with Gasteiger partial charge >= 0.3 is 15.1 Å². The van der Waals surface area contributed by atoms with E-state index in [2.05, 4.69) is 0 Å². The monoisotopic (exact) mass is 468 g/mol. The summed E-state index contributed by atoms with van der Waals surface area (Å²) in [5.74, 6) is 0. The van der Waals surface area contributed by atoms with Crippen LogP contribution < -0.4 is 0 Å². The summed E-state index contributed by atoms with van der Waals surface area (Å²) in [6, 6.07) is 0. The predicted octanol–water partition coefficient (Wildman–Crippen LogP) is 5.80. The molecule has 0 fully saturated rings. The molecule has 21 heavy (non-hydrogen) atoms. The molecule has 0 aliphatic rings. The molecule has 0 N–H and O–H groups in total. The van der Waals surface area contributed by atoms with Crippen molar-refractivity contribution >= 4 is 101 Å². The molecule has 0 saturated heterocycles. The fourth-order valence-electron chi connectivity index (χ4n) is 1.11. The largest absolute Gasteiger partial charge is 0.883 e. The Morgan fingerprint density at radius 3 is 1.19 bits per heavy atom. The molecule has 0 aromatic carbocycles. The van der Waals surface area contributed by atoms with E-state index in [1.807, 2.05) is 39.3 Å². The second kappa shape index (κ2) is 8.31. The normalized spacial score (nSPS) is 14.7. The van der Waals surface area contributed by atoms with Gasteiger partial charge in [0.2, 0.25) is 7.59 Å². The maximum absolute atomic E-state index is 5.95. The Morgan fingerprint density at radius 1 is 0.714 bits per heavy atom. The minimum absolute atomic E-state index is 1.29. The van der Waals surface area contributed by atoms with Crippen LogP contribution >= 0.6 is 69.6 Å². The Kier molecular flexibility index (Phi) is 9.33. The van der Waals surface area contributed by atoms with Gasteiger partial charge in [-0.25, -0.2) is 0 Å². The summed E-state index contributed by atoms with van der Waals surface area (Å²) in [7, 11) is -3.86. The first kappa shape index (κ1) is 23.6. The van der Waals surface area contributed by atoms with Crippen molar-refractivity contribution in [3.8, 4) is 0 Å². The molecular formula is C9H19AlCl6O3Si2. The van der Waals surface area contributed by atoms with Gasteiger partial charge in [0.05, 0.1) is 0 Å². The lowest BCUT2D eigenvalue weighted by molar-refractivity contribution is 0.131. The second-order valence-electron chi connectivity index (χ2n) is 6.35. The van der Waals surface area contributed by atoms with Gasteiger partial charge in [-0.2, -0.15) is 0 Å². The van der Waals surface area contributed by atoms with Crippen LogP contribution in [0.4, 0.5) is 0 Å². The quantitative estimate of drug-likeness (QED) is 0.362. The Labute approximate surface area is 164 Å². The highest BCUT2D eigenvalue weighted by molar-refractivity contribution is 6.80. The van der Waals surface area contributed by atoms with Gasteiger partial charge < -0.3 is 10.7 Å². The maximum atomic E-state index is 5.95. The fourth-order valence-corrected chi connectivity index (χ4v) is 9.74. The van der Waals surface area contributed by atoms with E-state index in [9.17, 15) is 0 Å². The highest BCUT2D eigenvalue weighted by atomic mass is 35.6. The number of alkyl halides is 6. The van der Waals surface area contributed by atoms with E-state index >= 15 is 0 Å². The average Bonchev–Trinajstić information content (AvgIpc) is 2.04. The van der Waals surface area contributed by atoms with Crippen LogP contribution in [0.2, 0.25) is 39.3 Å². The van der Waals surface area contributed by atoms with Gasteiger partial charge in [-0.15, -0.1) is 0 Å². The third-order valence-corrected chi connectivity index (χ3v) is 10.6. The van der Waals surface area contributed by atoms with E-state index in [0.29, 0.717) is 0 Å². The molecule has 0 spiro atoms. The Bertz CT molecular complexity index is 306. The zero-order valence-corrected chi connectivity index (χ0v) is 20.3. The van der Waals surface area contributed by atoms with Crippen LogP contribution in [-0.2, 0) is 10.7 Å². The summed E-state index contributed by atoms with van der Waals surface area (Å²) in [5.41, 5.74) is 0. The molecule has 0 aliphatic heterocycles. The number of halogens is 6. The molecule has 0 radical (unpaired) electrons. The first-order valence-electron chi connectivity index (χ1n) is 6.06. The lowest BCUT2D eigenvalue weighted by Gasteiger charge is -2.35. The van der Waals surface area contributed by atoms with E-state index in [-0.39, 0.29) is 0 Å². The lowest BCUT2D eigenvalue weighted by Crippen LogP contribution is -2.51. The van der Waals surface area contributed by atoms with Gasteiger partial charge in [-0.3, -0.25) is 0 Å². The summed E-state index contributed by atoms with van der Waals surface area (Å²) in [4.78, 5) is 0. The summed E-state index contributed by atoms with van der Waals surface area (Å²) < 4.78 is 13.8. The van der Waals surface area contributed by atoms with Crippen molar-refractivity contribution in [2.24, 2.45) is 0 Å². The summed E-state index contributed by atoms with van der Waals surface area (Å²) in [5, 5.41) is 0. The van der Waals surface area contributed by atoms with E-state index in [0.717, 1.165) is 0 Å². The van der Waals surface area contributed by atoms with Crippen LogP contribution in [0.3, 0.4) is 0 Å². The van der Waals surface area contributed by atoms with Gasteiger partial charge in [0.1, 0.15) is 6.10 Å². The molecule has 0 rings (SSSR count). The average molecular weight is 471 g/mol. The first-order valence-corrected chi connectivity index (χ1v) is 16.6. The van der Waals surface area contributed by atoms with Crippen LogP contribution in [0.5, 0.6) is 0 Å². The smallest absolute Gasteiger partial charge is 0.499 e. The second-order valence-corrected chi connectivity index (χ2v) is 22.3. The summed E-state index contributed by atoms with van der Waals surface area (Å²) in [6.07, 6.45) is -1.29. The molecule has 0 amide bonds. The number of hydrogen-bond acceptors (Lipinski definition) is 3. The molecule has 3 nitrogen and oxygen atoms in total. The van der Waals surface area contributed by atoms with Crippen molar-refractivity contribution < 1.29 is 10.7 Å². The van der Waals surface area contributed by atoms with Crippen molar-refractivity contribution in [3.63, 3.8) is 0 Å². The van der Waals surface area contributed by atoms with Crippen molar-refractivity contribution in [1.29, 1.82) is 0 Å². The van der Waals surface area contributed by atoms with Gasteiger partial charge in [0, 0.05) is 0 Å². The van der Waals surface area contributed by atoms with Gasteiger partial charge in [0.25, 0.3) is 0 Å². The molecule has 0 heterocycles. The molecule has 0 aliphatic carbocycles. The third kappa shape index (κ3) is 11.7. The Morgan fingerprint density at radius 2 is 1.00 bits per heavy atom. The van der Waals surface area contributed by atoms with E-state index < -0.39 is 45.5 Å². The first-order chi connectivity index (χ1) is 8.92. The molecule has 12 heteroatoms. The van der Waals surface area contributed by atoms with E-state index in [4.69, 9.17) is 80.3 Å². The minimum Gasteiger partial charge on any atom is -0.499 e. The van der Waals surface area contributed by atoms with Crippen LogP contribution in [0, 0.1) is 0 Å². The molecule has 126 valence electrons. The highest BCUT2D eigenvalue weighted by Crippen LogP contribution is 2.45. The van der Waals surface area contributed by atoms with Gasteiger partial charge in [-0.1, -0.05) is 69.6 Å². The van der Waals surface area contributed by atoms with E-state index in [1.165, 1.54) is 0 Å². The molecular weight excluding hydrogens is 452 g/mol. The highest BCUT2D eigenvalue weighted by Gasteiger charge is 2.53. The van der Waals surface area contributed by atoms with Crippen LogP contribution in [0.25, 0.3) is 0 Å². The maximum Gasteiger partial charge on any atom is 0.883 e. The van der Waals surface area contributed by atoms with Gasteiger partial charge in [0.15, 0.2) is 16.6 Å². The van der Waals surface area contributed by atoms with Crippen LogP contribution in [0.15, 0.2) is 0 Å². The van der Waals surface area contributed by atoms with Crippen molar-refractivity contribution in [2.75, 3.05) is 0 Å². The standard InChI is InChI=1S/C3HCl6O.2C3H9OSi.Al/c4-2(5,6)1(10)3(7,8)9;2*1-5(2,3)4;/h1H;2*1-3H3;/q3*-1;+3. The molecule has 0 aromatic rings. The van der Waals surface area contributed by atoms with Crippen molar-refractivity contribution in [2.45, 2.75) is 53.0 Å². The lowest BCUT2D eigenvalue weighted by atomic mass is 10.4. The third-order valence-electron chi connectivity index (χ3n) is 1.74. The van der Waals surface area contributed by atoms with Gasteiger partial charge in [-0.05, 0) is 39.3 Å². The predicted molar refractivity (Wildman–Crippen MR) is 100 cm³/mol. The number of hydrogen-bond donors (Lipinski definition) is 0. The summed E-state index contributed by atoms with van der Waals surface area (Å²) >= 11 is 32.5. The Balaban J connectivity index is 5.24. The topological polar surface area (TPSA) is 27.7 Å². The molecule has 0 bridgehead atoms. The van der Waals surface area contributed by atoms with Crippen molar-refractivity contribution in [3.05, 3.63) is 0 Å². The van der Waals surface area contributed by atoms with Crippen molar-refractivity contribution in [1.82, 2.24) is 0 Å². The Hall–Kier alpha value is 2.59. The molecule has 0 aromatic heterocycles. The number of rotatable bonds is 6. The molecule has 0 saturated carbocycles. The molecule has 0 atom stereocenters. The SMILES string of the molecule is C[Si](C)(C)[O][Al]([O]C(C(Cl)(Cl)Cl)C(Cl)(Cl)Cl)[O][Si](C)(C)C. The fraction of sp³-hybridized carbons (Fsp3) is 1.00. The zero-order valence-electron chi connectivity index (χ0n) is 12.6. The van der Waals surface area contributed by atoms with Crippen LogP contribution in [0.1, 0.15) is 0 Å². The zero-order chi connectivity index (χ0) is 17.3. The molecule has 0 unspecified atom stereocenters.